The largest absolute Gasteiger partial charge is 0.382 e. The number of nitrogen functional groups attached to an aromatic ring is 1. The number of anilines is 1. The average molecular weight is 538 g/mol. The quantitative estimate of drug-likeness (QED) is 0.571. The van der Waals surface area contributed by atoms with Crippen molar-refractivity contribution in [3.8, 4) is 0 Å². The van der Waals surface area contributed by atoms with Crippen molar-refractivity contribution in [1.82, 2.24) is 34.0 Å². The maximum atomic E-state index is 6.66. The minimum Gasteiger partial charge on any atom is -0.382 e. The summed E-state index contributed by atoms with van der Waals surface area (Å²) in [6.45, 7) is 12.8. The zero-order valence-electron chi connectivity index (χ0n) is 22.7. The number of aromatic nitrogens is 4. The van der Waals surface area contributed by atoms with Crippen LogP contribution in [0, 0.1) is 5.41 Å². The van der Waals surface area contributed by atoms with Gasteiger partial charge in [-0.2, -0.15) is 4.76 Å². The zero-order valence-corrected chi connectivity index (χ0v) is 24.4. The van der Waals surface area contributed by atoms with Crippen molar-refractivity contribution < 1.29 is 9.26 Å². The van der Waals surface area contributed by atoms with Gasteiger partial charge in [-0.25, -0.2) is 19.6 Å². The lowest BCUT2D eigenvalue weighted by Crippen LogP contribution is -2.46. The number of imidazole rings is 1. The number of nitrogens with two attached hydrogens (primary N) is 1. The van der Waals surface area contributed by atoms with Crippen molar-refractivity contribution in [3.63, 3.8) is 0 Å². The van der Waals surface area contributed by atoms with Gasteiger partial charge in [0.05, 0.1) is 24.6 Å². The van der Waals surface area contributed by atoms with Gasteiger partial charge in [0, 0.05) is 33.7 Å². The zero-order chi connectivity index (χ0) is 26.5. The normalized spacial score (nSPS) is 23.9. The van der Waals surface area contributed by atoms with Crippen LogP contribution in [0.15, 0.2) is 17.4 Å². The van der Waals surface area contributed by atoms with E-state index in [2.05, 4.69) is 50.2 Å². The Morgan fingerprint density at radius 2 is 1.78 bits per heavy atom. The summed E-state index contributed by atoms with van der Waals surface area (Å²) in [7, 11) is 4.09. The fourth-order valence-corrected chi connectivity index (χ4v) is 8.14. The highest BCUT2D eigenvalue weighted by molar-refractivity contribution is 8.10. The van der Waals surface area contributed by atoms with Gasteiger partial charge < -0.3 is 24.8 Å². The number of rotatable bonds is 5. The topological polar surface area (TPSA) is 110 Å². The molecule has 11 nitrogen and oxygen atoms in total. The maximum absolute atomic E-state index is 6.66. The lowest BCUT2D eigenvalue weighted by Gasteiger charge is -2.44. The molecule has 2 aliphatic rings. The Bertz CT molecular complexity index is 1160. The van der Waals surface area contributed by atoms with E-state index < -0.39 is 12.2 Å². The maximum Gasteiger partial charge on any atom is 0.251 e. The minimum absolute atomic E-state index is 0.0626. The number of fused-ring (bicyclic) bond motifs is 1. The summed E-state index contributed by atoms with van der Waals surface area (Å²) in [6.07, 6.45) is 3.57. The SMILES string of the molecule is CN1CCN(C)C1=NP(=S)(OC(C)(C)C)N1C[C@@H](CC(C)(C)C)O[C@@H](n2cnc3c(N)ncnc32)C1. The number of hydrogen-bond acceptors (Lipinski definition) is 7. The van der Waals surface area contributed by atoms with Crippen LogP contribution in [0.2, 0.25) is 0 Å². The molecule has 0 aromatic carbocycles. The summed E-state index contributed by atoms with van der Waals surface area (Å²) in [5.74, 6) is 1.21. The van der Waals surface area contributed by atoms with Crippen LogP contribution in [-0.4, -0.2) is 91.9 Å². The molecule has 4 rings (SSSR count). The van der Waals surface area contributed by atoms with Crippen LogP contribution >= 0.6 is 6.57 Å². The van der Waals surface area contributed by atoms with Gasteiger partial charge in [-0.05, 0) is 44.4 Å². The smallest absolute Gasteiger partial charge is 0.251 e. The summed E-state index contributed by atoms with van der Waals surface area (Å²) in [5, 5.41) is 0. The summed E-state index contributed by atoms with van der Waals surface area (Å²) in [5.41, 5.74) is 6.85. The molecule has 1 unspecified atom stereocenters. The Hall–Kier alpha value is -1.85. The van der Waals surface area contributed by atoms with E-state index in [4.69, 9.17) is 31.6 Å². The predicted molar refractivity (Wildman–Crippen MR) is 147 cm³/mol. The first-order valence-electron chi connectivity index (χ1n) is 12.3. The van der Waals surface area contributed by atoms with E-state index in [0.29, 0.717) is 30.1 Å². The molecule has 2 aromatic rings. The van der Waals surface area contributed by atoms with Crippen LogP contribution in [0.3, 0.4) is 0 Å². The van der Waals surface area contributed by atoms with Gasteiger partial charge in [0.1, 0.15) is 18.1 Å². The molecule has 0 saturated carbocycles. The fourth-order valence-electron chi connectivity index (χ4n) is 4.59. The Morgan fingerprint density at radius 1 is 1.11 bits per heavy atom. The van der Waals surface area contributed by atoms with E-state index in [-0.39, 0.29) is 17.7 Å². The third-order valence-corrected chi connectivity index (χ3v) is 9.51. The number of morpholine rings is 1. The highest BCUT2D eigenvalue weighted by Gasteiger charge is 2.42. The van der Waals surface area contributed by atoms with Crippen molar-refractivity contribution in [1.29, 1.82) is 0 Å². The van der Waals surface area contributed by atoms with Crippen LogP contribution in [0.1, 0.15) is 54.2 Å². The minimum atomic E-state index is -2.85. The van der Waals surface area contributed by atoms with Crippen LogP contribution < -0.4 is 5.73 Å². The van der Waals surface area contributed by atoms with Gasteiger partial charge in [-0.1, -0.05) is 20.8 Å². The molecule has 2 saturated heterocycles. The molecule has 0 spiro atoms. The standard InChI is InChI=1S/C23H40N9O2PS/c1-22(2,3)11-16-12-31(13-17(33-16)32-15-27-18-19(24)25-14-26-20(18)32)35(36,34-23(4,5)6)28-21-29(7)9-10-30(21)8/h14-17H,9-13H2,1-8H3,(H2,24,25,26)/t16-,17-,35?/m1/s1. The Kier molecular flexibility index (Phi) is 7.40. The van der Waals surface area contributed by atoms with Gasteiger partial charge in [-0.3, -0.25) is 4.57 Å². The number of nitrogens with zero attached hydrogens (tertiary/aromatic N) is 8. The number of ether oxygens (including phenoxy) is 1. The molecule has 2 aliphatic heterocycles. The Balaban J connectivity index is 1.77. The molecule has 0 bridgehead atoms. The van der Waals surface area contributed by atoms with Crippen LogP contribution in [0.25, 0.3) is 11.2 Å². The summed E-state index contributed by atoms with van der Waals surface area (Å²) >= 11 is 6.35. The van der Waals surface area contributed by atoms with Crippen molar-refractivity contribution in [2.75, 3.05) is 46.0 Å². The van der Waals surface area contributed by atoms with E-state index in [1.165, 1.54) is 6.33 Å². The van der Waals surface area contributed by atoms with Gasteiger partial charge in [0.15, 0.2) is 11.5 Å². The van der Waals surface area contributed by atoms with E-state index in [1.807, 2.05) is 39.4 Å². The molecule has 2 aromatic heterocycles. The molecule has 0 aliphatic carbocycles. The van der Waals surface area contributed by atoms with Gasteiger partial charge in [0.2, 0.25) is 5.96 Å². The molecular weight excluding hydrogens is 497 g/mol. The van der Waals surface area contributed by atoms with Crippen LogP contribution in [0.4, 0.5) is 5.82 Å². The lowest BCUT2D eigenvalue weighted by atomic mass is 9.89. The van der Waals surface area contributed by atoms with Crippen molar-refractivity contribution in [2.45, 2.75) is 65.9 Å². The molecule has 2 fully saturated rings. The predicted octanol–water partition coefficient (Wildman–Crippen LogP) is 3.32. The van der Waals surface area contributed by atoms with Gasteiger partial charge in [-0.15, -0.1) is 0 Å². The first-order valence-corrected chi connectivity index (χ1v) is 14.9. The highest BCUT2D eigenvalue weighted by Crippen LogP contribution is 2.58. The monoisotopic (exact) mass is 537 g/mol. The molecule has 2 N–H and O–H groups in total. The molecule has 0 amide bonds. The molecule has 13 heteroatoms. The van der Waals surface area contributed by atoms with Crippen LogP contribution in [-0.2, 0) is 21.1 Å². The lowest BCUT2D eigenvalue weighted by molar-refractivity contribution is -0.113. The van der Waals surface area contributed by atoms with E-state index in [0.717, 1.165) is 25.5 Å². The second-order valence-electron chi connectivity index (χ2n) is 11.9. The fraction of sp³-hybridized carbons (Fsp3) is 0.739. The Labute approximate surface area is 219 Å². The summed E-state index contributed by atoms with van der Waals surface area (Å²) in [4.78, 5) is 17.3. The van der Waals surface area contributed by atoms with Crippen molar-refractivity contribution in [3.05, 3.63) is 12.7 Å². The first kappa shape index (κ1) is 27.2. The molecular formula is C23H40N9O2PS. The van der Waals surface area contributed by atoms with Crippen LogP contribution in [0.5, 0.6) is 0 Å². The summed E-state index contributed by atoms with van der Waals surface area (Å²) in [6, 6.07) is 0. The highest BCUT2D eigenvalue weighted by atomic mass is 32.4. The summed E-state index contributed by atoms with van der Waals surface area (Å²) < 4.78 is 22.6. The van der Waals surface area contributed by atoms with Gasteiger partial charge >= 0.3 is 0 Å². The third-order valence-electron chi connectivity index (χ3n) is 6.09. The number of hydrogen-bond donors (Lipinski definition) is 1. The third kappa shape index (κ3) is 5.99. The van der Waals surface area contributed by atoms with Gasteiger partial charge in [0.25, 0.3) is 6.57 Å². The second kappa shape index (κ2) is 9.79. The number of guanidine groups is 1. The molecule has 4 heterocycles. The van der Waals surface area contributed by atoms with E-state index in [9.17, 15) is 0 Å². The van der Waals surface area contributed by atoms with E-state index >= 15 is 0 Å². The molecule has 200 valence electrons. The second-order valence-corrected chi connectivity index (χ2v) is 15.2. The van der Waals surface area contributed by atoms with Crippen molar-refractivity contribution in [2.24, 2.45) is 10.2 Å². The molecule has 3 atom stereocenters. The Morgan fingerprint density at radius 3 is 2.39 bits per heavy atom. The van der Waals surface area contributed by atoms with E-state index in [1.54, 1.807) is 6.33 Å². The van der Waals surface area contributed by atoms with Crippen molar-refractivity contribution >= 4 is 41.3 Å². The average Bonchev–Trinajstić information content (AvgIpc) is 3.31. The number of likely N-dealkylation sites (N-methyl/N-ethyl adjacent to an activating group) is 2. The molecule has 36 heavy (non-hydrogen) atoms. The first-order chi connectivity index (χ1) is 16.7. The molecule has 0 radical (unpaired) electrons.